The van der Waals surface area contributed by atoms with Gasteiger partial charge in [0, 0.05) is 24.2 Å². The highest BCUT2D eigenvalue weighted by Gasteiger charge is 2.43. The van der Waals surface area contributed by atoms with Crippen LogP contribution in [0, 0.1) is 11.6 Å². The molecule has 0 saturated heterocycles. The fraction of sp³-hybridized carbons (Fsp3) is 0.412. The minimum atomic E-state index is -1.66. The first kappa shape index (κ1) is 17.7. The summed E-state index contributed by atoms with van der Waals surface area (Å²) >= 11 is 0. The van der Waals surface area contributed by atoms with Crippen LogP contribution in [0.25, 0.3) is 0 Å². The first-order valence-electron chi connectivity index (χ1n) is 8.58. The number of hydrogen-bond acceptors (Lipinski definition) is 6. The highest BCUT2D eigenvalue weighted by molar-refractivity contribution is 5.27. The Labute approximate surface area is 154 Å². The second kappa shape index (κ2) is 6.78. The normalized spacial score (nSPS) is 18.1. The molecule has 1 N–H and O–H groups in total. The molecule has 1 aliphatic rings. The molecule has 0 radical (unpaired) electrons. The summed E-state index contributed by atoms with van der Waals surface area (Å²) in [5.41, 5.74) is -1.65. The molecule has 0 aliphatic carbocycles. The summed E-state index contributed by atoms with van der Waals surface area (Å²) in [5.74, 6) is -0.724. The van der Waals surface area contributed by atoms with Crippen molar-refractivity contribution in [2.24, 2.45) is 0 Å². The van der Waals surface area contributed by atoms with E-state index in [-0.39, 0.29) is 12.1 Å². The predicted molar refractivity (Wildman–Crippen MR) is 90.2 cm³/mol. The number of aromatic nitrogens is 6. The van der Waals surface area contributed by atoms with Gasteiger partial charge in [0.15, 0.2) is 0 Å². The van der Waals surface area contributed by atoms with Crippen molar-refractivity contribution in [3.63, 3.8) is 0 Å². The van der Waals surface area contributed by atoms with E-state index in [0.717, 1.165) is 18.0 Å². The number of aliphatic hydroxyl groups is 1. The van der Waals surface area contributed by atoms with Crippen LogP contribution < -0.4 is 0 Å². The van der Waals surface area contributed by atoms with Crippen molar-refractivity contribution >= 4 is 0 Å². The first-order valence-corrected chi connectivity index (χ1v) is 8.58. The standard InChI is InChI=1S/C17H19F2N7O/c1-12(24-4-5-26-16(7-24)21-10-23-26)17(27,8-25-11-20-9-22-25)14-3-2-13(18)6-15(14)19/h2-3,6,9-12,27H,4-5,7-8H2,1H3/t12-,17-/m1/s1. The van der Waals surface area contributed by atoms with Crippen molar-refractivity contribution < 1.29 is 13.9 Å². The average Bonchev–Trinajstić information content (AvgIpc) is 3.31. The number of halogens is 2. The highest BCUT2D eigenvalue weighted by atomic mass is 19.1. The van der Waals surface area contributed by atoms with E-state index in [2.05, 4.69) is 20.2 Å². The van der Waals surface area contributed by atoms with Crippen molar-refractivity contribution in [3.05, 3.63) is 60.2 Å². The van der Waals surface area contributed by atoms with Gasteiger partial charge in [0.2, 0.25) is 0 Å². The van der Waals surface area contributed by atoms with E-state index in [9.17, 15) is 13.9 Å². The minimum Gasteiger partial charge on any atom is -0.381 e. The van der Waals surface area contributed by atoms with Crippen molar-refractivity contribution in [3.8, 4) is 0 Å². The van der Waals surface area contributed by atoms with E-state index >= 15 is 0 Å². The Morgan fingerprint density at radius 3 is 2.81 bits per heavy atom. The van der Waals surface area contributed by atoms with E-state index in [1.54, 1.807) is 4.68 Å². The fourth-order valence-corrected chi connectivity index (χ4v) is 3.56. The summed E-state index contributed by atoms with van der Waals surface area (Å²) in [6.07, 6.45) is 4.28. The van der Waals surface area contributed by atoms with Crippen LogP contribution in [0.4, 0.5) is 8.78 Å². The van der Waals surface area contributed by atoms with Gasteiger partial charge in [0.25, 0.3) is 0 Å². The van der Waals surface area contributed by atoms with Gasteiger partial charge in [-0.25, -0.2) is 28.1 Å². The summed E-state index contributed by atoms with van der Waals surface area (Å²) in [5, 5.41) is 19.8. The summed E-state index contributed by atoms with van der Waals surface area (Å²) < 4.78 is 31.3. The van der Waals surface area contributed by atoms with Gasteiger partial charge in [0.1, 0.15) is 42.0 Å². The Morgan fingerprint density at radius 2 is 2.07 bits per heavy atom. The van der Waals surface area contributed by atoms with Gasteiger partial charge in [-0.2, -0.15) is 10.2 Å². The predicted octanol–water partition coefficient (Wildman–Crippen LogP) is 0.940. The molecule has 0 bridgehead atoms. The number of rotatable bonds is 5. The Bertz CT molecular complexity index is 929. The van der Waals surface area contributed by atoms with E-state index in [1.807, 2.05) is 11.8 Å². The van der Waals surface area contributed by atoms with Gasteiger partial charge in [0.05, 0.1) is 19.6 Å². The fourth-order valence-electron chi connectivity index (χ4n) is 3.56. The summed E-state index contributed by atoms with van der Waals surface area (Å²) in [7, 11) is 0. The Morgan fingerprint density at radius 1 is 1.22 bits per heavy atom. The Balaban J connectivity index is 1.71. The molecule has 0 fully saturated rings. The van der Waals surface area contributed by atoms with Gasteiger partial charge in [-0.05, 0) is 13.0 Å². The van der Waals surface area contributed by atoms with Crippen LogP contribution in [-0.2, 0) is 25.2 Å². The highest BCUT2D eigenvalue weighted by Crippen LogP contribution is 2.33. The third-order valence-corrected chi connectivity index (χ3v) is 5.15. The molecule has 27 heavy (non-hydrogen) atoms. The summed E-state index contributed by atoms with van der Waals surface area (Å²) in [6, 6.07) is 2.70. The Hall–Kier alpha value is -2.72. The zero-order chi connectivity index (χ0) is 19.0. The maximum absolute atomic E-state index is 14.6. The van der Waals surface area contributed by atoms with Crippen LogP contribution in [0.3, 0.4) is 0 Å². The molecular weight excluding hydrogens is 356 g/mol. The quantitative estimate of drug-likeness (QED) is 0.715. The van der Waals surface area contributed by atoms with Gasteiger partial charge in [-0.3, -0.25) is 4.90 Å². The molecule has 1 aliphatic heterocycles. The molecule has 10 heteroatoms. The Kier molecular flexibility index (Phi) is 4.44. The topological polar surface area (TPSA) is 84.9 Å². The first-order chi connectivity index (χ1) is 13.0. The molecular formula is C17H19F2N7O. The van der Waals surface area contributed by atoms with Gasteiger partial charge < -0.3 is 5.11 Å². The van der Waals surface area contributed by atoms with Crippen LogP contribution in [-0.4, -0.2) is 52.1 Å². The smallest absolute Gasteiger partial charge is 0.141 e. The second-order valence-corrected chi connectivity index (χ2v) is 6.69. The van der Waals surface area contributed by atoms with Gasteiger partial charge in [-0.15, -0.1) is 0 Å². The number of hydrogen-bond donors (Lipinski definition) is 1. The molecule has 3 heterocycles. The van der Waals surface area contributed by atoms with Crippen molar-refractivity contribution in [1.29, 1.82) is 0 Å². The van der Waals surface area contributed by atoms with Crippen LogP contribution in [0.2, 0.25) is 0 Å². The number of fused-ring (bicyclic) bond motifs is 1. The van der Waals surface area contributed by atoms with Crippen molar-refractivity contribution in [2.75, 3.05) is 6.54 Å². The molecule has 142 valence electrons. The third kappa shape index (κ3) is 3.21. The molecule has 1 aromatic carbocycles. The molecule has 2 atom stereocenters. The summed E-state index contributed by atoms with van der Waals surface area (Å²) in [6.45, 7) is 3.47. The van der Waals surface area contributed by atoms with Gasteiger partial charge >= 0.3 is 0 Å². The molecule has 0 spiro atoms. The minimum absolute atomic E-state index is 0.0129. The van der Waals surface area contributed by atoms with Gasteiger partial charge in [-0.1, -0.05) is 6.07 Å². The lowest BCUT2D eigenvalue weighted by Gasteiger charge is -2.42. The zero-order valence-electron chi connectivity index (χ0n) is 14.7. The van der Waals surface area contributed by atoms with E-state index in [4.69, 9.17) is 0 Å². The second-order valence-electron chi connectivity index (χ2n) is 6.69. The molecule has 0 saturated carbocycles. The third-order valence-electron chi connectivity index (χ3n) is 5.15. The number of benzene rings is 1. The van der Waals surface area contributed by atoms with E-state index in [1.165, 1.54) is 29.7 Å². The summed E-state index contributed by atoms with van der Waals surface area (Å²) in [4.78, 5) is 10.1. The molecule has 4 rings (SSSR count). The lowest BCUT2D eigenvalue weighted by Crippen LogP contribution is -2.53. The van der Waals surface area contributed by atoms with Crippen LogP contribution in [0.15, 0.2) is 37.2 Å². The van der Waals surface area contributed by atoms with Crippen LogP contribution in [0.5, 0.6) is 0 Å². The van der Waals surface area contributed by atoms with E-state index in [0.29, 0.717) is 19.6 Å². The number of nitrogens with zero attached hydrogens (tertiary/aromatic N) is 7. The maximum atomic E-state index is 14.6. The van der Waals surface area contributed by atoms with Crippen LogP contribution in [0.1, 0.15) is 18.3 Å². The molecule has 2 aromatic heterocycles. The van der Waals surface area contributed by atoms with Crippen LogP contribution >= 0.6 is 0 Å². The molecule has 0 unspecified atom stereocenters. The molecule has 0 amide bonds. The molecule has 3 aromatic rings. The maximum Gasteiger partial charge on any atom is 0.141 e. The lowest BCUT2D eigenvalue weighted by molar-refractivity contribution is -0.0714. The zero-order valence-corrected chi connectivity index (χ0v) is 14.7. The largest absolute Gasteiger partial charge is 0.381 e. The lowest BCUT2D eigenvalue weighted by atomic mass is 9.85. The average molecular weight is 375 g/mol. The van der Waals surface area contributed by atoms with Crippen molar-refractivity contribution in [1.82, 2.24) is 34.4 Å². The van der Waals surface area contributed by atoms with E-state index < -0.39 is 23.3 Å². The van der Waals surface area contributed by atoms with Crippen molar-refractivity contribution in [2.45, 2.75) is 38.2 Å². The monoisotopic (exact) mass is 375 g/mol. The molecule has 8 nitrogen and oxygen atoms in total. The SMILES string of the molecule is C[C@@H](N1CCn2ncnc2C1)[C@](O)(Cn1cncn1)c1ccc(F)cc1F.